The van der Waals surface area contributed by atoms with E-state index in [4.69, 9.17) is 4.98 Å². The summed E-state index contributed by atoms with van der Waals surface area (Å²) in [7, 11) is 0. The lowest BCUT2D eigenvalue weighted by atomic mass is 9.97. The van der Waals surface area contributed by atoms with Gasteiger partial charge in [-0.1, -0.05) is 12.1 Å². The molecule has 1 aliphatic carbocycles. The molecular formula is C22H25N5O. The van der Waals surface area contributed by atoms with Crippen molar-refractivity contribution in [3.8, 4) is 0 Å². The normalized spacial score (nSPS) is 19.8. The van der Waals surface area contributed by atoms with Crippen LogP contribution in [0, 0.1) is 6.92 Å². The van der Waals surface area contributed by atoms with Crippen LogP contribution < -0.4 is 10.2 Å². The standard InChI is InChI=1S/C22H25N5O/c1-14-4-2-6-18-20(14)26-21(25-18)16-5-3-11-27(13-16)19-12-15(9-10-23-19)22(28)24-17-7-8-17/h2,4,6,9-10,12,16-17H,3,5,7-8,11,13H2,1H3,(H,24,28)(H,25,26)/t16-/m0/s1. The SMILES string of the molecule is Cc1cccc2[nH]c([C@H]3CCCN(c4cc(C(=O)NC5CC5)ccn4)C3)nc12. The van der Waals surface area contributed by atoms with Gasteiger partial charge in [0.05, 0.1) is 11.0 Å². The highest BCUT2D eigenvalue weighted by Gasteiger charge is 2.27. The number of carbonyl (C=O) groups excluding carboxylic acids is 1. The lowest BCUT2D eigenvalue weighted by Gasteiger charge is -2.32. The fourth-order valence-corrected chi connectivity index (χ4v) is 4.03. The van der Waals surface area contributed by atoms with Gasteiger partial charge < -0.3 is 15.2 Å². The number of amides is 1. The number of H-pyrrole nitrogens is 1. The maximum absolute atomic E-state index is 12.4. The van der Waals surface area contributed by atoms with E-state index in [2.05, 4.69) is 45.3 Å². The molecule has 1 aromatic carbocycles. The lowest BCUT2D eigenvalue weighted by Crippen LogP contribution is -2.35. The second-order valence-electron chi connectivity index (χ2n) is 8.03. The van der Waals surface area contributed by atoms with Gasteiger partial charge in [-0.3, -0.25) is 4.79 Å². The van der Waals surface area contributed by atoms with Crippen LogP contribution >= 0.6 is 0 Å². The number of piperidine rings is 1. The average molecular weight is 375 g/mol. The van der Waals surface area contributed by atoms with Gasteiger partial charge in [0.2, 0.25) is 0 Å². The summed E-state index contributed by atoms with van der Waals surface area (Å²) in [6.07, 6.45) is 6.12. The number of anilines is 1. The molecule has 0 unspecified atom stereocenters. The number of nitrogens with one attached hydrogen (secondary N) is 2. The first-order chi connectivity index (χ1) is 13.7. The number of carbonyl (C=O) groups is 1. The number of fused-ring (bicyclic) bond motifs is 1. The lowest BCUT2D eigenvalue weighted by molar-refractivity contribution is 0.0951. The molecule has 0 spiro atoms. The number of rotatable bonds is 4. The fourth-order valence-electron chi connectivity index (χ4n) is 4.03. The van der Waals surface area contributed by atoms with E-state index in [0.29, 0.717) is 17.5 Å². The average Bonchev–Trinajstić information content (AvgIpc) is 3.42. The van der Waals surface area contributed by atoms with E-state index in [9.17, 15) is 4.79 Å². The molecule has 2 aromatic heterocycles. The summed E-state index contributed by atoms with van der Waals surface area (Å²) in [6.45, 7) is 3.91. The molecule has 28 heavy (non-hydrogen) atoms. The first-order valence-electron chi connectivity index (χ1n) is 10.1. The topological polar surface area (TPSA) is 73.9 Å². The molecule has 2 fully saturated rings. The van der Waals surface area contributed by atoms with Crippen molar-refractivity contribution < 1.29 is 4.79 Å². The van der Waals surface area contributed by atoms with Crippen molar-refractivity contribution in [1.82, 2.24) is 20.3 Å². The summed E-state index contributed by atoms with van der Waals surface area (Å²) in [6, 6.07) is 10.3. The van der Waals surface area contributed by atoms with E-state index < -0.39 is 0 Å². The van der Waals surface area contributed by atoms with Gasteiger partial charge in [0, 0.05) is 36.8 Å². The van der Waals surface area contributed by atoms with Crippen LogP contribution in [0.5, 0.6) is 0 Å². The van der Waals surface area contributed by atoms with Gasteiger partial charge in [-0.05, 0) is 56.4 Å². The smallest absolute Gasteiger partial charge is 0.251 e. The minimum Gasteiger partial charge on any atom is -0.356 e. The van der Waals surface area contributed by atoms with Crippen LogP contribution in [0.2, 0.25) is 0 Å². The van der Waals surface area contributed by atoms with Crippen LogP contribution in [0.1, 0.15) is 53.3 Å². The Hall–Kier alpha value is -2.89. The Balaban J connectivity index is 1.36. The summed E-state index contributed by atoms with van der Waals surface area (Å²) in [5.41, 5.74) is 4.05. The molecule has 6 nitrogen and oxygen atoms in total. The van der Waals surface area contributed by atoms with Crippen LogP contribution in [0.25, 0.3) is 11.0 Å². The second-order valence-corrected chi connectivity index (χ2v) is 8.03. The van der Waals surface area contributed by atoms with E-state index in [0.717, 1.165) is 61.4 Å². The number of benzene rings is 1. The Morgan fingerprint density at radius 2 is 2.14 bits per heavy atom. The van der Waals surface area contributed by atoms with Gasteiger partial charge in [-0.25, -0.2) is 9.97 Å². The predicted octanol–water partition coefficient (Wildman–Crippen LogP) is 3.54. The molecule has 0 radical (unpaired) electrons. The molecule has 5 rings (SSSR count). The van der Waals surface area contributed by atoms with Crippen LogP contribution in [-0.2, 0) is 0 Å². The van der Waals surface area contributed by atoms with E-state index in [1.807, 2.05) is 6.07 Å². The molecule has 1 saturated carbocycles. The number of para-hydroxylation sites is 1. The molecule has 6 heteroatoms. The van der Waals surface area contributed by atoms with Crippen LogP contribution in [0.3, 0.4) is 0 Å². The molecule has 1 amide bonds. The number of nitrogens with zero attached hydrogens (tertiary/aromatic N) is 3. The van der Waals surface area contributed by atoms with Crippen molar-refractivity contribution in [2.75, 3.05) is 18.0 Å². The quantitative estimate of drug-likeness (QED) is 0.731. The zero-order chi connectivity index (χ0) is 19.1. The second kappa shape index (κ2) is 6.93. The molecular weight excluding hydrogens is 350 g/mol. The van der Waals surface area contributed by atoms with Gasteiger partial charge in [0.15, 0.2) is 0 Å². The van der Waals surface area contributed by atoms with Crippen molar-refractivity contribution >= 4 is 22.8 Å². The summed E-state index contributed by atoms with van der Waals surface area (Å²) in [5, 5.41) is 3.05. The maximum atomic E-state index is 12.4. The monoisotopic (exact) mass is 375 g/mol. The van der Waals surface area contributed by atoms with Crippen LogP contribution in [-0.4, -0.2) is 40.0 Å². The highest BCUT2D eigenvalue weighted by Crippen LogP contribution is 2.30. The largest absolute Gasteiger partial charge is 0.356 e. The number of hydrogen-bond donors (Lipinski definition) is 2. The van der Waals surface area contributed by atoms with Crippen molar-refractivity contribution in [2.45, 2.75) is 44.6 Å². The highest BCUT2D eigenvalue weighted by molar-refractivity contribution is 5.95. The minimum atomic E-state index is 0.00692. The number of aromatic nitrogens is 3. The van der Waals surface area contributed by atoms with Crippen molar-refractivity contribution in [1.29, 1.82) is 0 Å². The molecule has 1 aliphatic heterocycles. The molecule has 1 saturated heterocycles. The maximum Gasteiger partial charge on any atom is 0.251 e. The molecule has 1 atom stereocenters. The zero-order valence-corrected chi connectivity index (χ0v) is 16.1. The molecule has 3 aromatic rings. The highest BCUT2D eigenvalue weighted by atomic mass is 16.1. The van der Waals surface area contributed by atoms with Crippen molar-refractivity contribution in [3.05, 3.63) is 53.5 Å². The summed E-state index contributed by atoms with van der Waals surface area (Å²) < 4.78 is 0. The van der Waals surface area contributed by atoms with Gasteiger partial charge in [-0.15, -0.1) is 0 Å². The Kier molecular flexibility index (Phi) is 4.26. The third-order valence-electron chi connectivity index (χ3n) is 5.79. The molecule has 144 valence electrons. The first-order valence-corrected chi connectivity index (χ1v) is 10.1. The van der Waals surface area contributed by atoms with Crippen molar-refractivity contribution in [2.24, 2.45) is 0 Å². The Morgan fingerprint density at radius 3 is 2.96 bits per heavy atom. The third kappa shape index (κ3) is 3.35. The van der Waals surface area contributed by atoms with E-state index in [1.54, 1.807) is 12.3 Å². The summed E-state index contributed by atoms with van der Waals surface area (Å²) in [5.74, 6) is 2.27. The summed E-state index contributed by atoms with van der Waals surface area (Å²) in [4.78, 5) is 27.6. The Bertz CT molecular complexity index is 1020. The molecule has 2 aliphatic rings. The van der Waals surface area contributed by atoms with Gasteiger partial charge >= 0.3 is 0 Å². The summed E-state index contributed by atoms with van der Waals surface area (Å²) >= 11 is 0. The minimum absolute atomic E-state index is 0.00692. The van der Waals surface area contributed by atoms with Gasteiger partial charge in [-0.2, -0.15) is 0 Å². The van der Waals surface area contributed by atoms with E-state index in [-0.39, 0.29) is 5.91 Å². The van der Waals surface area contributed by atoms with Crippen LogP contribution in [0.15, 0.2) is 36.5 Å². The molecule has 2 N–H and O–H groups in total. The number of aryl methyl sites for hydroxylation is 1. The zero-order valence-electron chi connectivity index (χ0n) is 16.1. The number of aromatic amines is 1. The fraction of sp³-hybridized carbons (Fsp3) is 0.409. The Labute approximate surface area is 164 Å². The van der Waals surface area contributed by atoms with Crippen molar-refractivity contribution in [3.63, 3.8) is 0 Å². The van der Waals surface area contributed by atoms with Crippen LogP contribution in [0.4, 0.5) is 5.82 Å². The van der Waals surface area contributed by atoms with Gasteiger partial charge in [0.1, 0.15) is 11.6 Å². The molecule has 3 heterocycles. The Morgan fingerprint density at radius 1 is 1.25 bits per heavy atom. The number of hydrogen-bond acceptors (Lipinski definition) is 4. The van der Waals surface area contributed by atoms with E-state index >= 15 is 0 Å². The van der Waals surface area contributed by atoms with Gasteiger partial charge in [0.25, 0.3) is 5.91 Å². The molecule has 0 bridgehead atoms. The third-order valence-corrected chi connectivity index (χ3v) is 5.79. The van der Waals surface area contributed by atoms with E-state index in [1.165, 1.54) is 5.56 Å². The number of imidazole rings is 1. The predicted molar refractivity (Wildman–Crippen MR) is 110 cm³/mol. The number of pyridine rings is 1. The first kappa shape index (κ1) is 17.2.